The Morgan fingerprint density at radius 3 is 2.48 bits per heavy atom. The Morgan fingerprint density at radius 2 is 1.96 bits per heavy atom. The van der Waals surface area contributed by atoms with E-state index >= 15 is 0 Å². The van der Waals surface area contributed by atoms with E-state index in [9.17, 15) is 4.79 Å². The Kier molecular flexibility index (Phi) is 12.1. The maximum absolute atomic E-state index is 12.0. The summed E-state index contributed by atoms with van der Waals surface area (Å²) < 4.78 is 0.277. The number of hydrogen-bond acceptors (Lipinski definition) is 3. The van der Waals surface area contributed by atoms with Crippen LogP contribution in [0.25, 0.3) is 0 Å². The van der Waals surface area contributed by atoms with Gasteiger partial charge in [-0.3, -0.25) is 9.79 Å². The van der Waals surface area contributed by atoms with E-state index in [2.05, 4.69) is 24.5 Å². The zero-order valence-corrected chi connectivity index (χ0v) is 18.1. The van der Waals surface area contributed by atoms with E-state index in [-0.39, 0.29) is 34.6 Å². The summed E-state index contributed by atoms with van der Waals surface area (Å²) >= 11 is 2.02. The first-order valence-corrected chi connectivity index (χ1v) is 9.47. The Morgan fingerprint density at radius 1 is 1.26 bits per heavy atom. The Bertz CT molecular complexity index is 369. The second-order valence-corrected chi connectivity index (χ2v) is 7.52. The Hall–Kier alpha value is -0.180. The fraction of sp³-hybridized carbons (Fsp3) is 0.875. The van der Waals surface area contributed by atoms with Gasteiger partial charge >= 0.3 is 0 Å². The molecule has 0 bridgehead atoms. The van der Waals surface area contributed by atoms with Gasteiger partial charge in [0.15, 0.2) is 5.96 Å². The summed E-state index contributed by atoms with van der Waals surface area (Å²) in [5.41, 5.74) is 0. The number of amides is 1. The second kappa shape index (κ2) is 12.2. The standard InChI is InChI=1S/C16H32N4OS.HI/c1-5-17-15(19-13-16(4)10-8-12-22-16)18-11-9-14(21)20(6-2)7-3;/h5-13H2,1-4H3,(H2,17,18,19);1H. The van der Waals surface area contributed by atoms with Crippen LogP contribution in [0.1, 0.15) is 47.0 Å². The molecule has 1 heterocycles. The smallest absolute Gasteiger partial charge is 0.224 e. The summed E-state index contributed by atoms with van der Waals surface area (Å²) in [5.74, 6) is 2.27. The minimum absolute atomic E-state index is 0. The van der Waals surface area contributed by atoms with Crippen LogP contribution in [0.3, 0.4) is 0 Å². The molecule has 1 aliphatic rings. The molecule has 0 spiro atoms. The van der Waals surface area contributed by atoms with Crippen molar-refractivity contribution < 1.29 is 4.79 Å². The van der Waals surface area contributed by atoms with Crippen molar-refractivity contribution >= 4 is 47.6 Å². The molecule has 1 saturated heterocycles. The molecule has 1 atom stereocenters. The molecular weight excluding hydrogens is 423 g/mol. The first-order valence-electron chi connectivity index (χ1n) is 8.48. The van der Waals surface area contributed by atoms with Gasteiger partial charge < -0.3 is 15.5 Å². The molecule has 23 heavy (non-hydrogen) atoms. The van der Waals surface area contributed by atoms with Gasteiger partial charge in [0.25, 0.3) is 0 Å². The van der Waals surface area contributed by atoms with E-state index in [1.807, 2.05) is 30.5 Å². The van der Waals surface area contributed by atoms with E-state index in [1.54, 1.807) is 0 Å². The van der Waals surface area contributed by atoms with Crippen LogP contribution in [-0.2, 0) is 4.79 Å². The number of nitrogens with one attached hydrogen (secondary N) is 2. The number of guanidine groups is 1. The number of aliphatic imine (C=N–C) groups is 1. The van der Waals surface area contributed by atoms with Gasteiger partial charge in [0.2, 0.25) is 5.91 Å². The van der Waals surface area contributed by atoms with Gasteiger partial charge in [0.05, 0.1) is 6.54 Å². The summed E-state index contributed by atoms with van der Waals surface area (Å²) in [6, 6.07) is 0. The van der Waals surface area contributed by atoms with Crippen molar-refractivity contribution in [3.05, 3.63) is 0 Å². The van der Waals surface area contributed by atoms with Crippen molar-refractivity contribution in [2.45, 2.75) is 51.7 Å². The average molecular weight is 456 g/mol. The van der Waals surface area contributed by atoms with Crippen LogP contribution in [-0.4, -0.2) is 60.0 Å². The average Bonchev–Trinajstić information content (AvgIpc) is 2.93. The molecule has 5 nitrogen and oxygen atoms in total. The molecule has 0 aromatic heterocycles. The number of carbonyl (C=O) groups is 1. The molecule has 7 heteroatoms. The SMILES string of the molecule is CCNC(=NCC1(C)CCCS1)NCCC(=O)N(CC)CC.I. The topological polar surface area (TPSA) is 56.7 Å². The summed E-state index contributed by atoms with van der Waals surface area (Å²) in [5, 5.41) is 6.54. The molecule has 1 rings (SSSR count). The van der Waals surface area contributed by atoms with Gasteiger partial charge in [-0.15, -0.1) is 24.0 Å². The van der Waals surface area contributed by atoms with Crippen LogP contribution in [0.5, 0.6) is 0 Å². The lowest BCUT2D eigenvalue weighted by Gasteiger charge is -2.21. The van der Waals surface area contributed by atoms with Gasteiger partial charge in [0, 0.05) is 37.3 Å². The van der Waals surface area contributed by atoms with Gasteiger partial charge in [-0.1, -0.05) is 0 Å². The van der Waals surface area contributed by atoms with E-state index in [4.69, 9.17) is 4.99 Å². The van der Waals surface area contributed by atoms with E-state index < -0.39 is 0 Å². The monoisotopic (exact) mass is 456 g/mol. The largest absolute Gasteiger partial charge is 0.357 e. The molecule has 136 valence electrons. The number of carbonyl (C=O) groups excluding carboxylic acids is 1. The number of halogens is 1. The van der Waals surface area contributed by atoms with Crippen LogP contribution in [0, 0.1) is 0 Å². The third-order valence-corrected chi connectivity index (χ3v) is 5.49. The highest BCUT2D eigenvalue weighted by Gasteiger charge is 2.29. The molecule has 1 amide bonds. The van der Waals surface area contributed by atoms with Crippen molar-refractivity contribution in [2.24, 2.45) is 4.99 Å². The quantitative estimate of drug-likeness (QED) is 0.335. The third-order valence-electron chi connectivity index (χ3n) is 3.96. The summed E-state index contributed by atoms with van der Waals surface area (Å²) in [4.78, 5) is 18.5. The molecule has 0 radical (unpaired) electrons. The van der Waals surface area contributed by atoms with Crippen molar-refractivity contribution in [3.63, 3.8) is 0 Å². The molecule has 0 aromatic carbocycles. The summed E-state index contributed by atoms with van der Waals surface area (Å²) in [6.07, 6.45) is 3.04. The summed E-state index contributed by atoms with van der Waals surface area (Å²) in [6.45, 7) is 12.2. The lowest BCUT2D eigenvalue weighted by molar-refractivity contribution is -0.130. The maximum Gasteiger partial charge on any atom is 0.224 e. The fourth-order valence-corrected chi connectivity index (χ4v) is 3.80. The molecule has 1 aliphatic heterocycles. The number of thioether (sulfide) groups is 1. The molecule has 0 aromatic rings. The number of nitrogens with zero attached hydrogens (tertiary/aromatic N) is 2. The molecule has 0 aliphatic carbocycles. The predicted molar refractivity (Wildman–Crippen MR) is 112 cm³/mol. The van der Waals surface area contributed by atoms with Gasteiger partial charge in [-0.2, -0.15) is 11.8 Å². The van der Waals surface area contributed by atoms with Crippen LogP contribution in [0.15, 0.2) is 4.99 Å². The molecule has 2 N–H and O–H groups in total. The normalized spacial score (nSPS) is 20.8. The lowest BCUT2D eigenvalue weighted by Crippen LogP contribution is -2.41. The Labute approximate surface area is 162 Å². The molecule has 1 unspecified atom stereocenters. The van der Waals surface area contributed by atoms with Crippen LogP contribution in [0.4, 0.5) is 0 Å². The minimum Gasteiger partial charge on any atom is -0.357 e. The highest BCUT2D eigenvalue weighted by molar-refractivity contribution is 14.0. The first kappa shape index (κ1) is 22.8. The predicted octanol–water partition coefficient (Wildman–Crippen LogP) is 2.70. The second-order valence-electron chi connectivity index (χ2n) is 5.84. The van der Waals surface area contributed by atoms with E-state index in [1.165, 1.54) is 18.6 Å². The van der Waals surface area contributed by atoms with E-state index in [0.29, 0.717) is 13.0 Å². The van der Waals surface area contributed by atoms with Crippen molar-refractivity contribution in [3.8, 4) is 0 Å². The van der Waals surface area contributed by atoms with E-state index in [0.717, 1.165) is 32.1 Å². The van der Waals surface area contributed by atoms with Crippen LogP contribution in [0.2, 0.25) is 0 Å². The molecule has 0 saturated carbocycles. The van der Waals surface area contributed by atoms with Crippen molar-refractivity contribution in [1.29, 1.82) is 0 Å². The minimum atomic E-state index is 0. The van der Waals surface area contributed by atoms with Gasteiger partial charge in [0.1, 0.15) is 0 Å². The highest BCUT2D eigenvalue weighted by atomic mass is 127. The number of hydrogen-bond donors (Lipinski definition) is 2. The molecule has 1 fully saturated rings. The molecular formula is C16H33IN4OS. The van der Waals surface area contributed by atoms with Gasteiger partial charge in [-0.25, -0.2) is 0 Å². The third kappa shape index (κ3) is 8.47. The zero-order chi connectivity index (χ0) is 16.4. The first-order chi connectivity index (χ1) is 10.5. The highest BCUT2D eigenvalue weighted by Crippen LogP contribution is 2.37. The van der Waals surface area contributed by atoms with Crippen molar-refractivity contribution in [1.82, 2.24) is 15.5 Å². The lowest BCUT2D eigenvalue weighted by atomic mass is 10.1. The Balaban J connectivity index is 0.00000484. The van der Waals surface area contributed by atoms with Crippen LogP contribution >= 0.6 is 35.7 Å². The number of rotatable bonds is 8. The fourth-order valence-electron chi connectivity index (χ4n) is 2.57. The maximum atomic E-state index is 12.0. The summed E-state index contributed by atoms with van der Waals surface area (Å²) in [7, 11) is 0. The van der Waals surface area contributed by atoms with Gasteiger partial charge in [-0.05, 0) is 46.3 Å². The zero-order valence-electron chi connectivity index (χ0n) is 15.0. The van der Waals surface area contributed by atoms with Crippen molar-refractivity contribution in [2.75, 3.05) is 38.5 Å². The van der Waals surface area contributed by atoms with Crippen LogP contribution < -0.4 is 10.6 Å².